The Balaban J connectivity index is 1.53. The van der Waals surface area contributed by atoms with Crippen LogP contribution < -0.4 is 4.74 Å². The molecule has 0 unspecified atom stereocenters. The second-order valence-electron chi connectivity index (χ2n) is 5.98. The van der Waals surface area contributed by atoms with Crippen molar-refractivity contribution in [1.29, 1.82) is 0 Å². The molecule has 0 aliphatic heterocycles. The van der Waals surface area contributed by atoms with Crippen LogP contribution in [0.5, 0.6) is 5.75 Å². The monoisotopic (exact) mass is 374 g/mol. The van der Waals surface area contributed by atoms with E-state index in [0.717, 1.165) is 42.1 Å². The van der Waals surface area contributed by atoms with E-state index in [2.05, 4.69) is 38.7 Å². The molecule has 0 bridgehead atoms. The van der Waals surface area contributed by atoms with Gasteiger partial charge in [-0.3, -0.25) is 0 Å². The molecule has 0 spiro atoms. The molecule has 3 aromatic rings. The zero-order valence-corrected chi connectivity index (χ0v) is 16.0. The summed E-state index contributed by atoms with van der Waals surface area (Å²) in [6.07, 6.45) is 2.14. The minimum Gasteiger partial charge on any atom is -0.484 e. The molecule has 0 saturated heterocycles. The summed E-state index contributed by atoms with van der Waals surface area (Å²) >= 11 is 1.41. The average Bonchev–Trinajstić information content (AvgIpc) is 3.28. The number of hydrogen-bond donors (Lipinski definition) is 0. The highest BCUT2D eigenvalue weighted by molar-refractivity contribution is 7.98. The Hall–Kier alpha value is -2.42. The Bertz CT molecular complexity index is 847. The molecule has 26 heavy (non-hydrogen) atoms. The first-order valence-corrected chi connectivity index (χ1v) is 9.54. The van der Waals surface area contributed by atoms with Gasteiger partial charge in [-0.1, -0.05) is 37.2 Å². The maximum Gasteiger partial charge on any atom is 0.277 e. The first-order chi connectivity index (χ1) is 12.7. The van der Waals surface area contributed by atoms with Crippen molar-refractivity contribution in [3.05, 3.63) is 41.0 Å². The summed E-state index contributed by atoms with van der Waals surface area (Å²) in [5, 5.41) is 20.4. The first kappa shape index (κ1) is 18.4. The lowest BCUT2D eigenvalue weighted by Gasteiger charge is -2.07. The molecule has 0 aliphatic rings. The zero-order chi connectivity index (χ0) is 18.4. The minimum atomic E-state index is 0.242. The predicted octanol–water partition coefficient (Wildman–Crippen LogP) is 3.34. The van der Waals surface area contributed by atoms with Crippen molar-refractivity contribution in [2.45, 2.75) is 57.7 Å². The Morgan fingerprint density at radius 2 is 2.08 bits per heavy atom. The number of rotatable bonds is 9. The molecule has 0 N–H and O–H groups in total. The molecule has 0 radical (unpaired) electrons. The summed E-state index contributed by atoms with van der Waals surface area (Å²) in [5.41, 5.74) is 2.22. The van der Waals surface area contributed by atoms with Crippen LogP contribution in [-0.4, -0.2) is 30.4 Å². The van der Waals surface area contributed by atoms with Gasteiger partial charge in [0.25, 0.3) is 11.1 Å². The molecule has 0 saturated carbocycles. The lowest BCUT2D eigenvalue weighted by molar-refractivity contribution is 0.250. The highest BCUT2D eigenvalue weighted by atomic mass is 32.2. The molecule has 0 atom stereocenters. The number of unbranched alkanes of at least 4 members (excludes halogenated alkanes) is 1. The van der Waals surface area contributed by atoms with Crippen molar-refractivity contribution in [2.75, 3.05) is 0 Å². The number of ether oxygens (including phenoxy) is 1. The maximum absolute atomic E-state index is 5.79. The minimum absolute atomic E-state index is 0.242. The van der Waals surface area contributed by atoms with E-state index in [0.29, 0.717) is 16.9 Å². The van der Waals surface area contributed by atoms with Gasteiger partial charge >= 0.3 is 0 Å². The molecule has 0 aliphatic carbocycles. The van der Waals surface area contributed by atoms with Crippen LogP contribution >= 0.6 is 11.8 Å². The van der Waals surface area contributed by atoms with Crippen molar-refractivity contribution < 1.29 is 9.15 Å². The quantitative estimate of drug-likeness (QED) is 0.527. The average molecular weight is 374 g/mol. The van der Waals surface area contributed by atoms with E-state index in [1.165, 1.54) is 11.8 Å². The van der Waals surface area contributed by atoms with Crippen LogP contribution in [0.2, 0.25) is 0 Å². The van der Waals surface area contributed by atoms with Crippen LogP contribution in [0.4, 0.5) is 0 Å². The van der Waals surface area contributed by atoms with E-state index in [4.69, 9.17) is 9.15 Å². The molecule has 0 amide bonds. The van der Waals surface area contributed by atoms with Gasteiger partial charge in [0.15, 0.2) is 12.4 Å². The predicted molar refractivity (Wildman–Crippen MR) is 96.8 cm³/mol. The van der Waals surface area contributed by atoms with E-state index < -0.39 is 0 Å². The fourth-order valence-electron chi connectivity index (χ4n) is 2.29. The summed E-state index contributed by atoms with van der Waals surface area (Å²) in [4.78, 5) is 0. The van der Waals surface area contributed by atoms with Crippen LogP contribution in [0.25, 0.3) is 0 Å². The van der Waals surface area contributed by atoms with E-state index in [1.54, 1.807) is 0 Å². The van der Waals surface area contributed by atoms with Crippen molar-refractivity contribution in [3.8, 4) is 5.75 Å². The van der Waals surface area contributed by atoms with Crippen molar-refractivity contribution >= 4 is 11.8 Å². The highest BCUT2D eigenvalue weighted by Crippen LogP contribution is 2.23. The molecule has 8 nitrogen and oxygen atoms in total. The van der Waals surface area contributed by atoms with Crippen molar-refractivity contribution in [2.24, 2.45) is 0 Å². The largest absolute Gasteiger partial charge is 0.484 e. The molecule has 1 aromatic carbocycles. The van der Waals surface area contributed by atoms with Gasteiger partial charge in [-0.05, 0) is 47.9 Å². The van der Waals surface area contributed by atoms with Crippen LogP contribution in [0.3, 0.4) is 0 Å². The lowest BCUT2D eigenvalue weighted by Crippen LogP contribution is -2.04. The maximum atomic E-state index is 5.79. The number of aromatic nitrogens is 6. The van der Waals surface area contributed by atoms with Crippen LogP contribution in [0.15, 0.2) is 27.8 Å². The molecule has 2 heterocycles. The number of hydrogen-bond acceptors (Lipinski definition) is 8. The molecule has 9 heteroatoms. The summed E-state index contributed by atoms with van der Waals surface area (Å²) < 4.78 is 13.2. The van der Waals surface area contributed by atoms with Gasteiger partial charge in [-0.15, -0.1) is 15.3 Å². The van der Waals surface area contributed by atoms with Gasteiger partial charge in [0, 0.05) is 6.54 Å². The number of aryl methyl sites for hydroxylation is 3. The zero-order valence-electron chi connectivity index (χ0n) is 15.2. The summed E-state index contributed by atoms with van der Waals surface area (Å²) in [6, 6.07) is 6.08. The molecule has 3 rings (SSSR count). The Labute approximate surface area is 156 Å². The van der Waals surface area contributed by atoms with E-state index in [9.17, 15) is 0 Å². The second-order valence-corrected chi connectivity index (χ2v) is 6.91. The van der Waals surface area contributed by atoms with Crippen LogP contribution in [-0.2, 0) is 18.9 Å². The summed E-state index contributed by atoms with van der Waals surface area (Å²) in [6.45, 7) is 7.23. The number of tetrazole rings is 1. The SMILES string of the molecule is CCCCn1nnnc1CSc1nnc(COc2cc(C)ccc2C)o1. The first-order valence-electron chi connectivity index (χ1n) is 8.56. The Kier molecular flexibility index (Phi) is 6.21. The Morgan fingerprint density at radius 1 is 1.19 bits per heavy atom. The third-order valence-electron chi connectivity index (χ3n) is 3.80. The second kappa shape index (κ2) is 8.79. The molecule has 138 valence electrons. The van der Waals surface area contributed by atoms with Crippen molar-refractivity contribution in [1.82, 2.24) is 30.4 Å². The molecule has 0 fully saturated rings. The fraction of sp³-hybridized carbons (Fsp3) is 0.471. The summed E-state index contributed by atoms with van der Waals surface area (Å²) in [5.74, 6) is 2.65. The summed E-state index contributed by atoms with van der Waals surface area (Å²) in [7, 11) is 0. The van der Waals surface area contributed by atoms with E-state index >= 15 is 0 Å². The van der Waals surface area contributed by atoms with Crippen LogP contribution in [0.1, 0.15) is 42.6 Å². The van der Waals surface area contributed by atoms with Crippen molar-refractivity contribution in [3.63, 3.8) is 0 Å². The van der Waals surface area contributed by atoms with Gasteiger partial charge in [0.1, 0.15) is 5.75 Å². The van der Waals surface area contributed by atoms with Gasteiger partial charge in [-0.2, -0.15) is 0 Å². The normalized spacial score (nSPS) is 11.0. The van der Waals surface area contributed by atoms with Gasteiger partial charge in [0.2, 0.25) is 0 Å². The topological polar surface area (TPSA) is 91.8 Å². The highest BCUT2D eigenvalue weighted by Gasteiger charge is 2.12. The third kappa shape index (κ3) is 4.81. The number of benzene rings is 1. The Morgan fingerprint density at radius 3 is 2.92 bits per heavy atom. The number of thioether (sulfide) groups is 1. The van der Waals surface area contributed by atoms with E-state index in [1.807, 2.05) is 30.7 Å². The molecular formula is C17H22N6O2S. The van der Waals surface area contributed by atoms with Gasteiger partial charge < -0.3 is 9.15 Å². The van der Waals surface area contributed by atoms with Crippen LogP contribution in [0, 0.1) is 13.8 Å². The number of nitrogens with zero attached hydrogens (tertiary/aromatic N) is 6. The molecular weight excluding hydrogens is 352 g/mol. The smallest absolute Gasteiger partial charge is 0.277 e. The molecule has 2 aromatic heterocycles. The van der Waals surface area contributed by atoms with E-state index in [-0.39, 0.29) is 6.61 Å². The van der Waals surface area contributed by atoms with Gasteiger partial charge in [-0.25, -0.2) is 4.68 Å². The van der Waals surface area contributed by atoms with Gasteiger partial charge in [0.05, 0.1) is 5.75 Å². The fourth-order valence-corrected chi connectivity index (χ4v) is 3.00. The third-order valence-corrected chi connectivity index (χ3v) is 4.61. The standard InChI is InChI=1S/C17H22N6O2S/c1-4-5-8-23-15(18-21-22-23)11-26-17-20-19-16(25-17)10-24-14-9-12(2)6-7-13(14)3/h6-7,9H,4-5,8,10-11H2,1-3H3. The lowest BCUT2D eigenvalue weighted by atomic mass is 10.1.